The molecule has 1 aromatic carbocycles. The minimum absolute atomic E-state index is 0.00472. The Labute approximate surface area is 114 Å². The molecule has 1 heterocycles. The molecule has 1 aromatic heterocycles. The monoisotopic (exact) mass is 279 g/mol. The molecule has 98 valence electrons. The first-order valence-corrected chi connectivity index (χ1v) is 5.85. The fourth-order valence-electron chi connectivity index (χ4n) is 1.74. The highest BCUT2D eigenvalue weighted by Crippen LogP contribution is 2.27. The van der Waals surface area contributed by atoms with Crippen molar-refractivity contribution in [2.75, 3.05) is 11.9 Å². The minimum Gasteiger partial charge on any atom is -0.389 e. The summed E-state index contributed by atoms with van der Waals surface area (Å²) in [6.45, 7) is 0. The lowest BCUT2D eigenvalue weighted by atomic mass is 10.1. The largest absolute Gasteiger partial charge is 0.389 e. The van der Waals surface area contributed by atoms with Gasteiger partial charge in [-0.1, -0.05) is 24.4 Å². The third-order valence-corrected chi connectivity index (χ3v) is 2.86. The highest BCUT2D eigenvalue weighted by Gasteiger charge is 2.15. The Morgan fingerprint density at radius 1 is 1.32 bits per heavy atom. The second-order valence-electron chi connectivity index (χ2n) is 3.90. The van der Waals surface area contributed by atoms with Crippen molar-refractivity contribution in [1.82, 2.24) is 4.98 Å². The van der Waals surface area contributed by atoms with Crippen LogP contribution in [0, 0.1) is 11.6 Å². The number of nitrogens with two attached hydrogens (primary N) is 1. The minimum atomic E-state index is -0.750. The van der Waals surface area contributed by atoms with E-state index in [9.17, 15) is 8.78 Å². The Morgan fingerprint density at radius 3 is 2.63 bits per heavy atom. The van der Waals surface area contributed by atoms with E-state index in [0.29, 0.717) is 11.3 Å². The maximum Gasteiger partial charge on any atom is 0.169 e. The average molecular weight is 279 g/mol. The average Bonchev–Trinajstić information content (AvgIpc) is 2.38. The van der Waals surface area contributed by atoms with Crippen LogP contribution < -0.4 is 10.6 Å². The van der Waals surface area contributed by atoms with E-state index in [0.717, 1.165) is 12.3 Å². The van der Waals surface area contributed by atoms with Crippen LogP contribution in [-0.2, 0) is 0 Å². The quantitative estimate of drug-likeness (QED) is 0.877. The van der Waals surface area contributed by atoms with Crippen molar-refractivity contribution in [1.29, 1.82) is 0 Å². The van der Waals surface area contributed by atoms with E-state index in [2.05, 4.69) is 4.98 Å². The molecule has 0 amide bonds. The van der Waals surface area contributed by atoms with Crippen molar-refractivity contribution in [2.45, 2.75) is 0 Å². The Balaban J connectivity index is 2.50. The Hall–Kier alpha value is -2.08. The van der Waals surface area contributed by atoms with Crippen LogP contribution in [0.25, 0.3) is 0 Å². The second kappa shape index (κ2) is 5.27. The van der Waals surface area contributed by atoms with Crippen molar-refractivity contribution in [3.63, 3.8) is 0 Å². The number of pyridine rings is 1. The molecule has 2 rings (SSSR count). The molecule has 0 unspecified atom stereocenters. The molecule has 0 atom stereocenters. The fourth-order valence-corrected chi connectivity index (χ4v) is 1.92. The number of aromatic nitrogens is 1. The number of anilines is 2. The predicted octanol–water partition coefficient (Wildman–Crippen LogP) is 2.76. The topological polar surface area (TPSA) is 42.1 Å². The predicted molar refractivity (Wildman–Crippen MR) is 74.5 cm³/mol. The Bertz CT molecular complexity index is 631. The number of hydrogen-bond acceptors (Lipinski definition) is 3. The zero-order valence-corrected chi connectivity index (χ0v) is 10.9. The molecule has 0 spiro atoms. The lowest BCUT2D eigenvalue weighted by molar-refractivity contribution is 0.573. The van der Waals surface area contributed by atoms with Gasteiger partial charge in [-0.25, -0.2) is 13.8 Å². The van der Waals surface area contributed by atoms with Crippen molar-refractivity contribution in [2.24, 2.45) is 5.73 Å². The van der Waals surface area contributed by atoms with Crippen molar-refractivity contribution >= 4 is 28.7 Å². The normalized spacial score (nSPS) is 10.3. The van der Waals surface area contributed by atoms with E-state index < -0.39 is 11.6 Å². The van der Waals surface area contributed by atoms with Gasteiger partial charge in [0.1, 0.15) is 10.8 Å². The summed E-state index contributed by atoms with van der Waals surface area (Å²) in [6.07, 6.45) is 0.957. The van der Waals surface area contributed by atoms with Crippen LogP contribution in [-0.4, -0.2) is 17.0 Å². The Morgan fingerprint density at radius 2 is 2.00 bits per heavy atom. The highest BCUT2D eigenvalue weighted by atomic mass is 32.1. The first-order valence-electron chi connectivity index (χ1n) is 5.44. The molecule has 0 aliphatic carbocycles. The summed E-state index contributed by atoms with van der Waals surface area (Å²) in [6, 6.07) is 7.80. The number of nitrogens with zero attached hydrogens (tertiary/aromatic N) is 2. The van der Waals surface area contributed by atoms with E-state index in [4.69, 9.17) is 18.0 Å². The van der Waals surface area contributed by atoms with Crippen LogP contribution in [0.5, 0.6) is 0 Å². The summed E-state index contributed by atoms with van der Waals surface area (Å²) in [5.74, 6) is -1.47. The third-order valence-electron chi connectivity index (χ3n) is 2.64. The van der Waals surface area contributed by atoms with E-state index in [1.54, 1.807) is 31.3 Å². The number of para-hydroxylation sites is 1. The van der Waals surface area contributed by atoms with Crippen molar-refractivity contribution in [3.05, 3.63) is 53.7 Å². The zero-order chi connectivity index (χ0) is 14.0. The molecule has 0 bridgehead atoms. The summed E-state index contributed by atoms with van der Waals surface area (Å²) in [4.78, 5) is 5.42. The van der Waals surface area contributed by atoms with Gasteiger partial charge in [0.25, 0.3) is 0 Å². The molecule has 3 nitrogen and oxygen atoms in total. The summed E-state index contributed by atoms with van der Waals surface area (Å²) < 4.78 is 26.6. The van der Waals surface area contributed by atoms with Gasteiger partial charge in [-0.05, 0) is 12.1 Å². The molecule has 0 radical (unpaired) electrons. The molecule has 19 heavy (non-hydrogen) atoms. The highest BCUT2D eigenvalue weighted by molar-refractivity contribution is 7.80. The van der Waals surface area contributed by atoms with Gasteiger partial charge in [0.05, 0.1) is 11.9 Å². The van der Waals surface area contributed by atoms with Gasteiger partial charge in [-0.2, -0.15) is 0 Å². The number of halogens is 2. The summed E-state index contributed by atoms with van der Waals surface area (Å²) in [5, 5.41) is 0. The summed E-state index contributed by atoms with van der Waals surface area (Å²) in [7, 11) is 1.61. The van der Waals surface area contributed by atoms with E-state index in [1.165, 1.54) is 4.90 Å². The van der Waals surface area contributed by atoms with Crippen LogP contribution >= 0.6 is 12.2 Å². The van der Waals surface area contributed by atoms with Crippen LogP contribution in [0.15, 0.2) is 36.5 Å². The fraction of sp³-hybridized carbons (Fsp3) is 0.0769. The first kappa shape index (κ1) is 13.4. The zero-order valence-electron chi connectivity index (χ0n) is 10.1. The molecule has 0 saturated heterocycles. The van der Waals surface area contributed by atoms with E-state index >= 15 is 0 Å². The summed E-state index contributed by atoms with van der Waals surface area (Å²) >= 11 is 4.95. The van der Waals surface area contributed by atoms with Crippen LogP contribution in [0.3, 0.4) is 0 Å². The maximum atomic E-state index is 13.7. The van der Waals surface area contributed by atoms with Gasteiger partial charge < -0.3 is 10.6 Å². The molecule has 2 N–H and O–H groups in total. The molecule has 0 fully saturated rings. The molecule has 0 saturated carbocycles. The SMILES string of the molecule is CN(c1ccccc1C(N)=S)c1ncc(F)cc1F. The second-order valence-corrected chi connectivity index (χ2v) is 4.34. The van der Waals surface area contributed by atoms with Gasteiger partial charge in [0.2, 0.25) is 0 Å². The molecule has 6 heteroatoms. The maximum absolute atomic E-state index is 13.7. The molecule has 2 aromatic rings. The van der Waals surface area contributed by atoms with Gasteiger partial charge in [0, 0.05) is 18.7 Å². The van der Waals surface area contributed by atoms with Crippen molar-refractivity contribution < 1.29 is 8.78 Å². The molecule has 0 aliphatic rings. The first-order chi connectivity index (χ1) is 9.00. The van der Waals surface area contributed by atoms with Crippen molar-refractivity contribution in [3.8, 4) is 0 Å². The number of thiocarbonyl (C=S) groups is 1. The molecule has 0 aliphatic heterocycles. The standard InChI is InChI=1S/C13H11F2N3S/c1-18(13-10(15)6-8(14)7-17-13)11-5-3-2-4-9(11)12(16)19/h2-7H,1H3,(H2,16,19). The van der Waals surface area contributed by atoms with Gasteiger partial charge >= 0.3 is 0 Å². The Kier molecular flexibility index (Phi) is 3.71. The number of hydrogen-bond donors (Lipinski definition) is 1. The van der Waals surface area contributed by atoms with Gasteiger partial charge in [0.15, 0.2) is 11.6 Å². The third kappa shape index (κ3) is 2.68. The van der Waals surface area contributed by atoms with Crippen LogP contribution in [0.2, 0.25) is 0 Å². The van der Waals surface area contributed by atoms with Gasteiger partial charge in [-0.15, -0.1) is 0 Å². The van der Waals surface area contributed by atoms with E-state index in [-0.39, 0.29) is 10.8 Å². The molecular weight excluding hydrogens is 268 g/mol. The lowest BCUT2D eigenvalue weighted by Crippen LogP contribution is -2.19. The van der Waals surface area contributed by atoms with Crippen LogP contribution in [0.4, 0.5) is 20.3 Å². The number of benzene rings is 1. The van der Waals surface area contributed by atoms with Crippen LogP contribution in [0.1, 0.15) is 5.56 Å². The van der Waals surface area contributed by atoms with Gasteiger partial charge in [-0.3, -0.25) is 0 Å². The number of rotatable bonds is 3. The molecular formula is C13H11F2N3S. The lowest BCUT2D eigenvalue weighted by Gasteiger charge is -2.21. The van der Waals surface area contributed by atoms with E-state index in [1.807, 2.05) is 0 Å². The summed E-state index contributed by atoms with van der Waals surface area (Å²) in [5.41, 5.74) is 6.83. The smallest absolute Gasteiger partial charge is 0.169 e.